The summed E-state index contributed by atoms with van der Waals surface area (Å²) in [6.45, 7) is 3.64. The number of nitrogens with one attached hydrogen (secondary N) is 1. The van der Waals surface area contributed by atoms with Crippen LogP contribution in [-0.2, 0) is 13.1 Å². The van der Waals surface area contributed by atoms with Crippen LogP contribution in [0.4, 0.5) is 0 Å². The highest BCUT2D eigenvalue weighted by Crippen LogP contribution is 2.21. The number of thiazole rings is 2. The van der Waals surface area contributed by atoms with Gasteiger partial charge in [0.2, 0.25) is 0 Å². The molecule has 92 valence electrons. The summed E-state index contributed by atoms with van der Waals surface area (Å²) in [6.07, 6.45) is 0. The van der Waals surface area contributed by atoms with Crippen molar-refractivity contribution in [1.29, 1.82) is 0 Å². The SMILES string of the molecule is Cc1csc(CNCc2nc3ccccc3s2)n1. The number of hydrogen-bond donors (Lipinski definition) is 1. The Morgan fingerprint density at radius 1 is 1.11 bits per heavy atom. The molecule has 1 N–H and O–H groups in total. The molecule has 0 atom stereocenters. The van der Waals surface area contributed by atoms with Crippen LogP contribution in [0.15, 0.2) is 29.6 Å². The summed E-state index contributed by atoms with van der Waals surface area (Å²) < 4.78 is 1.25. The van der Waals surface area contributed by atoms with E-state index < -0.39 is 0 Å². The van der Waals surface area contributed by atoms with Crippen LogP contribution in [0, 0.1) is 6.92 Å². The first-order chi connectivity index (χ1) is 8.81. The van der Waals surface area contributed by atoms with Crippen LogP contribution >= 0.6 is 22.7 Å². The summed E-state index contributed by atoms with van der Waals surface area (Å²) in [6, 6.07) is 8.24. The average molecular weight is 275 g/mol. The van der Waals surface area contributed by atoms with Crippen molar-refractivity contribution >= 4 is 32.9 Å². The molecule has 0 spiro atoms. The second kappa shape index (κ2) is 5.14. The third-order valence-corrected chi connectivity index (χ3v) is 4.56. The lowest BCUT2D eigenvalue weighted by molar-refractivity contribution is 0.686. The molecule has 0 radical (unpaired) electrons. The maximum absolute atomic E-state index is 4.59. The van der Waals surface area contributed by atoms with Crippen molar-refractivity contribution in [3.8, 4) is 0 Å². The number of benzene rings is 1. The molecule has 0 bridgehead atoms. The minimum atomic E-state index is 0.804. The summed E-state index contributed by atoms with van der Waals surface area (Å²) in [7, 11) is 0. The molecule has 0 unspecified atom stereocenters. The summed E-state index contributed by atoms with van der Waals surface area (Å²) in [5.41, 5.74) is 2.18. The minimum Gasteiger partial charge on any atom is -0.304 e. The molecule has 3 aromatic rings. The lowest BCUT2D eigenvalue weighted by atomic mass is 10.3. The Kier molecular flexibility index (Phi) is 3.36. The maximum Gasteiger partial charge on any atom is 0.108 e. The van der Waals surface area contributed by atoms with Crippen molar-refractivity contribution in [3.05, 3.63) is 45.4 Å². The second-order valence-corrected chi connectivity index (χ2v) is 6.12. The van der Waals surface area contributed by atoms with Crippen LogP contribution in [0.5, 0.6) is 0 Å². The molecular weight excluding hydrogens is 262 g/mol. The average Bonchev–Trinajstić information content (AvgIpc) is 2.95. The monoisotopic (exact) mass is 275 g/mol. The quantitative estimate of drug-likeness (QED) is 0.793. The first kappa shape index (κ1) is 11.8. The zero-order valence-corrected chi connectivity index (χ0v) is 11.6. The zero-order valence-electron chi connectivity index (χ0n) is 10.0. The number of nitrogens with zero attached hydrogens (tertiary/aromatic N) is 2. The molecule has 5 heteroatoms. The molecule has 18 heavy (non-hydrogen) atoms. The van der Waals surface area contributed by atoms with E-state index in [0.29, 0.717) is 0 Å². The third kappa shape index (κ3) is 2.58. The molecule has 0 amide bonds. The van der Waals surface area contributed by atoms with Crippen LogP contribution in [0.1, 0.15) is 15.7 Å². The van der Waals surface area contributed by atoms with Gasteiger partial charge in [-0.05, 0) is 19.1 Å². The zero-order chi connectivity index (χ0) is 12.4. The molecule has 3 nitrogen and oxygen atoms in total. The largest absolute Gasteiger partial charge is 0.304 e. The highest BCUT2D eigenvalue weighted by Gasteiger charge is 2.03. The molecular formula is C13H13N3S2. The van der Waals surface area contributed by atoms with Gasteiger partial charge in [-0.15, -0.1) is 22.7 Å². The lowest BCUT2D eigenvalue weighted by Gasteiger charge is -1.98. The Balaban J connectivity index is 1.62. The predicted octanol–water partition coefficient (Wildman–Crippen LogP) is 3.35. The van der Waals surface area contributed by atoms with Crippen LogP contribution in [0.25, 0.3) is 10.2 Å². The standard InChI is InChI=1S/C13H13N3S2/c1-9-8-17-12(15-9)6-14-7-13-16-10-4-2-3-5-11(10)18-13/h2-5,8,14H,6-7H2,1H3. The van der Waals surface area contributed by atoms with Gasteiger partial charge in [0.15, 0.2) is 0 Å². The molecule has 2 heterocycles. The van der Waals surface area contributed by atoms with Gasteiger partial charge < -0.3 is 5.32 Å². The van der Waals surface area contributed by atoms with Crippen molar-refractivity contribution in [2.24, 2.45) is 0 Å². The Morgan fingerprint density at radius 3 is 2.72 bits per heavy atom. The first-order valence-corrected chi connectivity index (χ1v) is 7.47. The fourth-order valence-electron chi connectivity index (χ4n) is 1.76. The molecule has 0 fully saturated rings. The van der Waals surface area contributed by atoms with Crippen LogP contribution in [-0.4, -0.2) is 9.97 Å². The number of fused-ring (bicyclic) bond motifs is 1. The molecule has 0 saturated carbocycles. The Morgan fingerprint density at radius 2 is 1.94 bits per heavy atom. The molecule has 0 aliphatic carbocycles. The Hall–Kier alpha value is -1.30. The van der Waals surface area contributed by atoms with E-state index in [1.54, 1.807) is 22.7 Å². The van der Waals surface area contributed by atoms with Gasteiger partial charge >= 0.3 is 0 Å². The molecule has 3 rings (SSSR count). The van der Waals surface area contributed by atoms with Gasteiger partial charge in [-0.2, -0.15) is 0 Å². The Labute approximate surface area is 114 Å². The molecule has 0 saturated heterocycles. The fourth-order valence-corrected chi connectivity index (χ4v) is 3.43. The van der Waals surface area contributed by atoms with Gasteiger partial charge in [-0.1, -0.05) is 12.1 Å². The van der Waals surface area contributed by atoms with Gasteiger partial charge in [0, 0.05) is 24.2 Å². The highest BCUT2D eigenvalue weighted by molar-refractivity contribution is 7.18. The van der Waals surface area contributed by atoms with Crippen molar-refractivity contribution in [2.75, 3.05) is 0 Å². The van der Waals surface area contributed by atoms with E-state index >= 15 is 0 Å². The summed E-state index contributed by atoms with van der Waals surface area (Å²) in [4.78, 5) is 9.01. The van der Waals surface area contributed by atoms with Crippen molar-refractivity contribution in [3.63, 3.8) is 0 Å². The molecule has 1 aromatic carbocycles. The second-order valence-electron chi connectivity index (χ2n) is 4.06. The van der Waals surface area contributed by atoms with E-state index in [4.69, 9.17) is 0 Å². The van der Waals surface area contributed by atoms with Crippen molar-refractivity contribution in [1.82, 2.24) is 15.3 Å². The Bertz CT molecular complexity index is 624. The van der Waals surface area contributed by atoms with E-state index in [9.17, 15) is 0 Å². The third-order valence-electron chi connectivity index (χ3n) is 2.56. The van der Waals surface area contributed by atoms with Gasteiger partial charge in [-0.3, -0.25) is 0 Å². The van der Waals surface area contributed by atoms with Crippen molar-refractivity contribution < 1.29 is 0 Å². The number of rotatable bonds is 4. The van der Waals surface area contributed by atoms with Crippen LogP contribution in [0.2, 0.25) is 0 Å². The topological polar surface area (TPSA) is 37.8 Å². The van der Waals surface area contributed by atoms with Gasteiger partial charge in [0.05, 0.1) is 10.2 Å². The summed E-state index contributed by atoms with van der Waals surface area (Å²) in [5, 5.41) is 7.73. The van der Waals surface area contributed by atoms with Gasteiger partial charge in [0.1, 0.15) is 10.0 Å². The summed E-state index contributed by atoms with van der Waals surface area (Å²) in [5.74, 6) is 0. The van der Waals surface area contributed by atoms with E-state index in [0.717, 1.165) is 34.3 Å². The van der Waals surface area contributed by atoms with E-state index in [2.05, 4.69) is 38.9 Å². The van der Waals surface area contributed by atoms with E-state index in [1.165, 1.54) is 4.70 Å². The highest BCUT2D eigenvalue weighted by atomic mass is 32.1. The lowest BCUT2D eigenvalue weighted by Crippen LogP contribution is -2.12. The fraction of sp³-hybridized carbons (Fsp3) is 0.231. The molecule has 0 aliphatic heterocycles. The summed E-state index contributed by atoms with van der Waals surface area (Å²) >= 11 is 3.45. The van der Waals surface area contributed by atoms with E-state index in [1.807, 2.05) is 13.0 Å². The number of hydrogen-bond acceptors (Lipinski definition) is 5. The molecule has 0 aliphatic rings. The molecule has 2 aromatic heterocycles. The van der Waals surface area contributed by atoms with Gasteiger partial charge in [0.25, 0.3) is 0 Å². The number of para-hydroxylation sites is 1. The van der Waals surface area contributed by atoms with Crippen molar-refractivity contribution in [2.45, 2.75) is 20.0 Å². The van der Waals surface area contributed by atoms with E-state index in [-0.39, 0.29) is 0 Å². The smallest absolute Gasteiger partial charge is 0.108 e. The van der Waals surface area contributed by atoms with Crippen LogP contribution in [0.3, 0.4) is 0 Å². The van der Waals surface area contributed by atoms with Crippen LogP contribution < -0.4 is 5.32 Å². The number of aromatic nitrogens is 2. The number of aryl methyl sites for hydroxylation is 1. The maximum atomic E-state index is 4.59. The normalized spacial score (nSPS) is 11.2. The first-order valence-electron chi connectivity index (χ1n) is 5.77. The predicted molar refractivity (Wildman–Crippen MR) is 77.0 cm³/mol. The minimum absolute atomic E-state index is 0.804. The van der Waals surface area contributed by atoms with Gasteiger partial charge in [-0.25, -0.2) is 9.97 Å².